The monoisotopic (exact) mass is 338 g/mol. The summed E-state index contributed by atoms with van der Waals surface area (Å²) in [6, 6.07) is 4.98. The van der Waals surface area contributed by atoms with Crippen molar-refractivity contribution < 1.29 is 4.92 Å². The Hall–Kier alpha value is -1.73. The van der Waals surface area contributed by atoms with Crippen LogP contribution in [0.5, 0.6) is 0 Å². The second-order valence-corrected chi connectivity index (χ2v) is 5.50. The number of hydrogen-bond acceptors (Lipinski definition) is 4. The van der Waals surface area contributed by atoms with Gasteiger partial charge in [-0.05, 0) is 19.1 Å². The van der Waals surface area contributed by atoms with Gasteiger partial charge in [-0.3, -0.25) is 14.8 Å². The van der Waals surface area contributed by atoms with Gasteiger partial charge in [-0.25, -0.2) is 0 Å². The lowest BCUT2D eigenvalue weighted by molar-refractivity contribution is -0.385. The van der Waals surface area contributed by atoms with E-state index < -0.39 is 0 Å². The molecule has 0 bridgehead atoms. The third kappa shape index (κ3) is 3.43. The highest BCUT2D eigenvalue weighted by Gasteiger charge is 2.19. The predicted octanol–water partition coefficient (Wildman–Crippen LogP) is 2.94. The van der Waals surface area contributed by atoms with Crippen molar-refractivity contribution >= 4 is 21.6 Å². The summed E-state index contributed by atoms with van der Waals surface area (Å²) in [6.07, 6.45) is 3.69. The van der Waals surface area contributed by atoms with E-state index in [-0.39, 0.29) is 16.7 Å². The highest BCUT2D eigenvalue weighted by Crippen LogP contribution is 2.28. The molecule has 0 amide bonds. The van der Waals surface area contributed by atoms with Crippen molar-refractivity contribution in [1.29, 1.82) is 0 Å². The molecule has 1 unspecified atom stereocenters. The molecule has 2 aromatic rings. The summed E-state index contributed by atoms with van der Waals surface area (Å²) < 4.78 is 2.43. The smallest absolute Gasteiger partial charge is 0.275 e. The number of aromatic nitrogens is 2. The van der Waals surface area contributed by atoms with Crippen molar-refractivity contribution in [1.82, 2.24) is 15.1 Å². The van der Waals surface area contributed by atoms with Crippen LogP contribution >= 0.6 is 15.9 Å². The zero-order chi connectivity index (χ0) is 14.7. The van der Waals surface area contributed by atoms with Crippen LogP contribution in [-0.2, 0) is 13.6 Å². The molecule has 6 nitrogen and oxygen atoms in total. The molecule has 0 aliphatic heterocycles. The van der Waals surface area contributed by atoms with Crippen molar-refractivity contribution in [3.05, 3.63) is 56.3 Å². The van der Waals surface area contributed by atoms with E-state index in [2.05, 4.69) is 26.3 Å². The average Bonchev–Trinajstić information content (AvgIpc) is 2.81. The third-order valence-electron chi connectivity index (χ3n) is 3.03. The molecule has 20 heavy (non-hydrogen) atoms. The molecule has 0 radical (unpaired) electrons. The van der Waals surface area contributed by atoms with Crippen LogP contribution in [0.25, 0.3) is 0 Å². The first-order valence-corrected chi connectivity index (χ1v) is 6.91. The SMILES string of the molecule is CC(NCc1cnn(C)c1)c1ccc(Br)cc1[N+](=O)[O-]. The second kappa shape index (κ2) is 6.15. The number of nitrogens with zero attached hydrogens (tertiary/aromatic N) is 3. The lowest BCUT2D eigenvalue weighted by Gasteiger charge is -2.14. The van der Waals surface area contributed by atoms with Gasteiger partial charge in [-0.2, -0.15) is 5.10 Å². The van der Waals surface area contributed by atoms with E-state index in [0.29, 0.717) is 16.6 Å². The Morgan fingerprint density at radius 3 is 2.90 bits per heavy atom. The molecule has 2 rings (SSSR count). The number of halogens is 1. The van der Waals surface area contributed by atoms with Crippen LogP contribution in [0, 0.1) is 10.1 Å². The zero-order valence-electron chi connectivity index (χ0n) is 11.2. The molecule has 0 aliphatic carbocycles. The molecule has 1 aromatic heterocycles. The van der Waals surface area contributed by atoms with Gasteiger partial charge < -0.3 is 5.32 Å². The number of nitrogens with one attached hydrogen (secondary N) is 1. The van der Waals surface area contributed by atoms with Crippen LogP contribution in [0.3, 0.4) is 0 Å². The van der Waals surface area contributed by atoms with Crippen LogP contribution in [-0.4, -0.2) is 14.7 Å². The summed E-state index contributed by atoms with van der Waals surface area (Å²) in [7, 11) is 1.85. The van der Waals surface area contributed by atoms with Crippen molar-refractivity contribution in [2.75, 3.05) is 0 Å². The first-order chi connectivity index (χ1) is 9.47. The van der Waals surface area contributed by atoms with Crippen LogP contribution in [0.2, 0.25) is 0 Å². The van der Waals surface area contributed by atoms with E-state index in [1.165, 1.54) is 6.07 Å². The Bertz CT molecular complexity index is 627. The highest BCUT2D eigenvalue weighted by molar-refractivity contribution is 9.10. The summed E-state index contributed by atoms with van der Waals surface area (Å²) in [5.41, 5.74) is 1.83. The maximum atomic E-state index is 11.1. The normalized spacial score (nSPS) is 12.3. The second-order valence-electron chi connectivity index (χ2n) is 4.59. The standard InChI is InChI=1S/C13H15BrN4O2/c1-9(15-6-10-7-16-17(2)8-10)12-4-3-11(14)5-13(12)18(19)20/h3-5,7-9,15H,6H2,1-2H3. The van der Waals surface area contributed by atoms with Crippen molar-refractivity contribution in [2.24, 2.45) is 7.05 Å². The molecule has 106 valence electrons. The predicted molar refractivity (Wildman–Crippen MR) is 79.3 cm³/mol. The summed E-state index contributed by atoms with van der Waals surface area (Å²) in [5.74, 6) is 0. The lowest BCUT2D eigenvalue weighted by Crippen LogP contribution is -2.18. The number of aryl methyl sites for hydroxylation is 1. The van der Waals surface area contributed by atoms with Crippen molar-refractivity contribution in [2.45, 2.75) is 19.5 Å². The van der Waals surface area contributed by atoms with E-state index in [9.17, 15) is 10.1 Å². The molecule has 0 saturated heterocycles. The van der Waals surface area contributed by atoms with E-state index >= 15 is 0 Å². The maximum Gasteiger partial charge on any atom is 0.275 e. The van der Waals surface area contributed by atoms with E-state index in [1.807, 2.05) is 26.2 Å². The molecule has 0 saturated carbocycles. The number of hydrogen-bond donors (Lipinski definition) is 1. The fourth-order valence-corrected chi connectivity index (χ4v) is 2.33. The highest BCUT2D eigenvalue weighted by atomic mass is 79.9. The van der Waals surface area contributed by atoms with Crippen LogP contribution in [0.15, 0.2) is 35.1 Å². The Balaban J connectivity index is 2.12. The Morgan fingerprint density at radius 1 is 1.55 bits per heavy atom. The van der Waals surface area contributed by atoms with Gasteiger partial charge in [-0.15, -0.1) is 0 Å². The van der Waals surface area contributed by atoms with Gasteiger partial charge in [0.2, 0.25) is 0 Å². The summed E-state index contributed by atoms with van der Waals surface area (Å²) in [6.45, 7) is 2.52. The number of nitro groups is 1. The van der Waals surface area contributed by atoms with E-state index in [4.69, 9.17) is 0 Å². The average molecular weight is 339 g/mol. The molecular weight excluding hydrogens is 324 g/mol. The minimum Gasteiger partial charge on any atom is -0.306 e. The summed E-state index contributed by atoms with van der Waals surface area (Å²) in [4.78, 5) is 10.7. The maximum absolute atomic E-state index is 11.1. The molecule has 7 heteroatoms. The molecule has 0 fully saturated rings. The molecule has 0 spiro atoms. The van der Waals surface area contributed by atoms with E-state index in [1.54, 1.807) is 16.9 Å². The zero-order valence-corrected chi connectivity index (χ0v) is 12.8. The van der Waals surface area contributed by atoms with Crippen LogP contribution in [0.4, 0.5) is 5.69 Å². The minimum absolute atomic E-state index is 0.116. The number of benzene rings is 1. The third-order valence-corrected chi connectivity index (χ3v) is 3.52. The van der Waals surface area contributed by atoms with Gasteiger partial charge in [0.25, 0.3) is 5.69 Å². The Kier molecular flexibility index (Phi) is 4.51. The fraction of sp³-hybridized carbons (Fsp3) is 0.308. The Morgan fingerprint density at radius 2 is 2.30 bits per heavy atom. The van der Waals surface area contributed by atoms with E-state index in [0.717, 1.165) is 5.56 Å². The largest absolute Gasteiger partial charge is 0.306 e. The first kappa shape index (κ1) is 14.7. The Labute approximate surface area is 125 Å². The van der Waals surface area contributed by atoms with Gasteiger partial charge in [0.05, 0.1) is 11.1 Å². The van der Waals surface area contributed by atoms with Gasteiger partial charge in [0.1, 0.15) is 0 Å². The van der Waals surface area contributed by atoms with Gasteiger partial charge in [-0.1, -0.05) is 15.9 Å². The van der Waals surface area contributed by atoms with Gasteiger partial charge >= 0.3 is 0 Å². The van der Waals surface area contributed by atoms with Crippen LogP contribution < -0.4 is 5.32 Å². The van der Waals surface area contributed by atoms with Gasteiger partial charge in [0, 0.05) is 47.5 Å². The number of nitro benzene ring substituents is 1. The number of rotatable bonds is 5. The van der Waals surface area contributed by atoms with Crippen molar-refractivity contribution in [3.8, 4) is 0 Å². The molecule has 1 N–H and O–H groups in total. The van der Waals surface area contributed by atoms with Crippen molar-refractivity contribution in [3.63, 3.8) is 0 Å². The molecule has 1 atom stereocenters. The molecular formula is C13H15BrN4O2. The summed E-state index contributed by atoms with van der Waals surface area (Å²) >= 11 is 3.26. The lowest BCUT2D eigenvalue weighted by atomic mass is 10.1. The molecule has 1 heterocycles. The van der Waals surface area contributed by atoms with Gasteiger partial charge in [0.15, 0.2) is 0 Å². The first-order valence-electron chi connectivity index (χ1n) is 6.12. The topological polar surface area (TPSA) is 73.0 Å². The minimum atomic E-state index is -0.359. The van der Waals surface area contributed by atoms with Crippen LogP contribution in [0.1, 0.15) is 24.1 Å². The molecule has 0 aliphatic rings. The summed E-state index contributed by atoms with van der Waals surface area (Å²) in [5, 5.41) is 18.5. The quantitative estimate of drug-likeness (QED) is 0.671. The molecule has 1 aromatic carbocycles. The fourth-order valence-electron chi connectivity index (χ4n) is 1.99.